The lowest BCUT2D eigenvalue weighted by molar-refractivity contribution is -0.117. The van der Waals surface area contributed by atoms with Crippen LogP contribution in [0.1, 0.15) is 52.7 Å². The number of amides is 2. The molecule has 3 aromatic rings. The van der Waals surface area contributed by atoms with E-state index in [1.54, 1.807) is 16.7 Å². The number of fused-ring (bicyclic) bond motifs is 1. The van der Waals surface area contributed by atoms with Crippen LogP contribution in [0.2, 0.25) is 0 Å². The van der Waals surface area contributed by atoms with Crippen LogP contribution in [-0.4, -0.2) is 35.9 Å². The van der Waals surface area contributed by atoms with Crippen LogP contribution in [0.25, 0.3) is 0 Å². The maximum atomic E-state index is 13.5. The predicted molar refractivity (Wildman–Crippen MR) is 125 cm³/mol. The van der Waals surface area contributed by atoms with Gasteiger partial charge in [-0.15, -0.1) is 0 Å². The van der Waals surface area contributed by atoms with Gasteiger partial charge in [-0.3, -0.25) is 14.6 Å². The normalized spacial score (nSPS) is 17.1. The molecule has 2 heterocycles. The van der Waals surface area contributed by atoms with Crippen molar-refractivity contribution in [1.29, 1.82) is 0 Å². The third kappa shape index (κ3) is 4.22. The van der Waals surface area contributed by atoms with Crippen molar-refractivity contribution in [3.05, 3.63) is 89.7 Å². The van der Waals surface area contributed by atoms with Crippen LogP contribution in [0.15, 0.2) is 72.9 Å². The molecule has 2 atom stereocenters. The Morgan fingerprint density at radius 3 is 2.42 bits per heavy atom. The summed E-state index contributed by atoms with van der Waals surface area (Å²) >= 11 is 0. The number of aromatic nitrogens is 1. The lowest BCUT2D eigenvalue weighted by Crippen LogP contribution is -2.47. The number of ether oxygens (including phenoxy) is 1. The summed E-state index contributed by atoms with van der Waals surface area (Å²) in [4.78, 5) is 45.9. The van der Waals surface area contributed by atoms with Crippen LogP contribution in [0, 0.1) is 0 Å². The van der Waals surface area contributed by atoms with E-state index < -0.39 is 5.97 Å². The number of pyridine rings is 1. The molecule has 4 rings (SSSR count). The van der Waals surface area contributed by atoms with E-state index in [0.29, 0.717) is 6.42 Å². The first-order chi connectivity index (χ1) is 15.9. The van der Waals surface area contributed by atoms with Crippen molar-refractivity contribution in [3.63, 3.8) is 0 Å². The Kier molecular flexibility index (Phi) is 6.22. The Morgan fingerprint density at radius 2 is 1.73 bits per heavy atom. The number of esters is 1. The molecule has 7 nitrogen and oxygen atoms in total. The zero-order valence-electron chi connectivity index (χ0n) is 18.8. The smallest absolute Gasteiger partial charge is 0.337 e. The number of benzene rings is 2. The summed E-state index contributed by atoms with van der Waals surface area (Å²) in [5.41, 5.74) is 2.83. The number of para-hydroxylation sites is 2. The van der Waals surface area contributed by atoms with E-state index in [0.717, 1.165) is 16.9 Å². The number of rotatable bonds is 4. The van der Waals surface area contributed by atoms with Crippen LogP contribution in [0.5, 0.6) is 0 Å². The maximum absolute atomic E-state index is 13.5. The van der Waals surface area contributed by atoms with Crippen LogP contribution in [-0.2, 0) is 9.53 Å². The molecule has 0 N–H and O–H groups in total. The minimum atomic E-state index is -0.529. The van der Waals surface area contributed by atoms with Gasteiger partial charge in [0, 0.05) is 30.5 Å². The molecule has 1 aliphatic rings. The Hall–Kier alpha value is -4.00. The lowest BCUT2D eigenvalue weighted by atomic mass is 9.89. The number of carbonyl (C=O) groups excluding carboxylic acids is 3. The SMILES string of the molecule is COC(=O)c1ccnc(C(=O)N2c3ccccc3[C@H](N(C(C)=O)c3ccccc3)C[C@@H]2C)c1. The van der Waals surface area contributed by atoms with E-state index in [-0.39, 0.29) is 35.2 Å². The van der Waals surface area contributed by atoms with Crippen molar-refractivity contribution in [2.45, 2.75) is 32.4 Å². The number of anilines is 2. The summed E-state index contributed by atoms with van der Waals surface area (Å²) in [5.74, 6) is -0.910. The second-order valence-electron chi connectivity index (χ2n) is 7.98. The number of nitrogens with zero attached hydrogens (tertiary/aromatic N) is 3. The molecule has 0 unspecified atom stereocenters. The van der Waals surface area contributed by atoms with E-state index in [1.807, 2.05) is 61.5 Å². The van der Waals surface area contributed by atoms with Crippen molar-refractivity contribution < 1.29 is 19.1 Å². The lowest BCUT2D eigenvalue weighted by Gasteiger charge is -2.43. The van der Waals surface area contributed by atoms with Crippen LogP contribution in [0.3, 0.4) is 0 Å². The zero-order chi connectivity index (χ0) is 23.5. The summed E-state index contributed by atoms with van der Waals surface area (Å²) in [5, 5.41) is 0. The van der Waals surface area contributed by atoms with Gasteiger partial charge < -0.3 is 14.5 Å². The van der Waals surface area contributed by atoms with Crippen LogP contribution < -0.4 is 9.80 Å². The molecule has 2 aromatic carbocycles. The van der Waals surface area contributed by atoms with E-state index >= 15 is 0 Å². The molecular weight excluding hydrogens is 418 g/mol. The molecule has 7 heteroatoms. The fourth-order valence-electron chi connectivity index (χ4n) is 4.42. The molecule has 0 radical (unpaired) electrons. The molecule has 0 spiro atoms. The second kappa shape index (κ2) is 9.24. The molecule has 1 aliphatic heterocycles. The Morgan fingerprint density at radius 1 is 1.03 bits per heavy atom. The number of carbonyl (C=O) groups is 3. The van der Waals surface area contributed by atoms with Crippen LogP contribution >= 0.6 is 0 Å². The zero-order valence-corrected chi connectivity index (χ0v) is 18.8. The third-order valence-corrected chi connectivity index (χ3v) is 5.86. The highest BCUT2D eigenvalue weighted by Crippen LogP contribution is 2.42. The van der Waals surface area contributed by atoms with Crippen molar-refractivity contribution in [3.8, 4) is 0 Å². The molecule has 0 saturated carbocycles. The van der Waals surface area contributed by atoms with Gasteiger partial charge in [0.15, 0.2) is 0 Å². The van der Waals surface area contributed by atoms with Crippen molar-refractivity contribution in [1.82, 2.24) is 4.98 Å². The van der Waals surface area contributed by atoms with E-state index in [2.05, 4.69) is 4.98 Å². The summed E-state index contributed by atoms with van der Waals surface area (Å²) in [7, 11) is 1.29. The fourth-order valence-corrected chi connectivity index (χ4v) is 4.42. The van der Waals surface area contributed by atoms with Crippen LogP contribution in [0.4, 0.5) is 11.4 Å². The maximum Gasteiger partial charge on any atom is 0.337 e. The van der Waals surface area contributed by atoms with Gasteiger partial charge >= 0.3 is 5.97 Å². The van der Waals surface area contributed by atoms with Gasteiger partial charge in [-0.2, -0.15) is 0 Å². The predicted octanol–water partition coefficient (Wildman–Crippen LogP) is 4.40. The Labute approximate surface area is 192 Å². The van der Waals surface area contributed by atoms with E-state index in [4.69, 9.17) is 4.74 Å². The monoisotopic (exact) mass is 443 g/mol. The van der Waals surface area contributed by atoms with Gasteiger partial charge in [-0.05, 0) is 49.2 Å². The van der Waals surface area contributed by atoms with Gasteiger partial charge in [0.2, 0.25) is 5.91 Å². The molecule has 0 saturated heterocycles. The van der Waals surface area contributed by atoms with Gasteiger partial charge in [0.25, 0.3) is 5.91 Å². The molecule has 168 valence electrons. The molecule has 1 aromatic heterocycles. The molecule has 0 aliphatic carbocycles. The van der Waals surface area contributed by atoms with E-state index in [1.165, 1.54) is 25.4 Å². The van der Waals surface area contributed by atoms with Crippen molar-refractivity contribution in [2.75, 3.05) is 16.9 Å². The van der Waals surface area contributed by atoms with Crippen molar-refractivity contribution >= 4 is 29.2 Å². The first-order valence-corrected chi connectivity index (χ1v) is 10.7. The summed E-state index contributed by atoms with van der Waals surface area (Å²) in [6, 6.07) is 19.7. The van der Waals surface area contributed by atoms with Gasteiger partial charge in [0.1, 0.15) is 5.69 Å². The fraction of sp³-hybridized carbons (Fsp3) is 0.231. The molecule has 2 amide bonds. The highest BCUT2D eigenvalue weighted by molar-refractivity contribution is 6.07. The summed E-state index contributed by atoms with van der Waals surface area (Å²) in [6.07, 6.45) is 1.98. The largest absolute Gasteiger partial charge is 0.465 e. The Bertz CT molecular complexity index is 1190. The minimum Gasteiger partial charge on any atom is -0.465 e. The van der Waals surface area contributed by atoms with Gasteiger partial charge in [0.05, 0.1) is 18.7 Å². The topological polar surface area (TPSA) is 79.8 Å². The first-order valence-electron chi connectivity index (χ1n) is 10.7. The second-order valence-corrected chi connectivity index (χ2v) is 7.98. The highest BCUT2D eigenvalue weighted by atomic mass is 16.5. The molecule has 0 bridgehead atoms. The molecule has 0 fully saturated rings. The number of hydrogen-bond donors (Lipinski definition) is 0. The first kappa shape index (κ1) is 22.2. The molecular formula is C26H25N3O4. The third-order valence-electron chi connectivity index (χ3n) is 5.86. The Balaban J connectivity index is 1.76. The standard InChI is InChI=1S/C26H25N3O4/c1-17-15-24(29(18(2)30)20-9-5-4-6-10-20)21-11-7-8-12-23(21)28(17)25(31)22-16-19(13-14-27-22)26(32)33-3/h4-14,16-17,24H,15H2,1-3H3/t17-,24+/m0/s1. The summed E-state index contributed by atoms with van der Waals surface area (Å²) < 4.78 is 4.77. The van der Waals surface area contributed by atoms with Crippen molar-refractivity contribution in [2.24, 2.45) is 0 Å². The van der Waals surface area contributed by atoms with Gasteiger partial charge in [-0.1, -0.05) is 36.4 Å². The summed E-state index contributed by atoms with van der Waals surface area (Å²) in [6.45, 7) is 3.51. The minimum absolute atomic E-state index is 0.0691. The van der Waals surface area contributed by atoms with E-state index in [9.17, 15) is 14.4 Å². The average molecular weight is 444 g/mol. The quantitative estimate of drug-likeness (QED) is 0.559. The average Bonchev–Trinajstić information content (AvgIpc) is 2.84. The van der Waals surface area contributed by atoms with Gasteiger partial charge in [-0.25, -0.2) is 4.79 Å². The number of methoxy groups -OCH3 is 1. The molecule has 33 heavy (non-hydrogen) atoms. The number of hydrogen-bond acceptors (Lipinski definition) is 5. The highest BCUT2D eigenvalue weighted by Gasteiger charge is 2.38.